The first-order valence-corrected chi connectivity index (χ1v) is 7.18. The number of nitrogens with zero attached hydrogens (tertiary/aromatic N) is 1. The van der Waals surface area contributed by atoms with Crippen molar-refractivity contribution >= 4 is 22.4 Å². The van der Waals surface area contributed by atoms with Gasteiger partial charge in [-0.15, -0.1) is 0 Å². The molecular formula is C12H16N2O3S. The Morgan fingerprint density at radius 3 is 2.61 bits per heavy atom. The Bertz CT molecular complexity index is 480. The Morgan fingerprint density at radius 1 is 1.39 bits per heavy atom. The number of methoxy groups -OCH3 is 1. The number of nitrogen functional groups attached to an aromatic ring is 1. The van der Waals surface area contributed by atoms with E-state index in [4.69, 9.17) is 10.5 Å². The van der Waals surface area contributed by atoms with Gasteiger partial charge in [-0.2, -0.15) is 0 Å². The minimum absolute atomic E-state index is 0.0685. The van der Waals surface area contributed by atoms with E-state index in [0.29, 0.717) is 41.6 Å². The molecule has 18 heavy (non-hydrogen) atoms. The maximum Gasteiger partial charge on any atom is 0.253 e. The lowest BCUT2D eigenvalue weighted by atomic mass is 10.1. The Labute approximate surface area is 108 Å². The lowest BCUT2D eigenvalue weighted by Crippen LogP contribution is -2.41. The molecule has 1 amide bonds. The van der Waals surface area contributed by atoms with Crippen LogP contribution in [0.3, 0.4) is 0 Å². The fourth-order valence-corrected chi connectivity index (χ4v) is 2.94. The Kier molecular flexibility index (Phi) is 3.86. The fourth-order valence-electron chi connectivity index (χ4n) is 1.89. The van der Waals surface area contributed by atoms with Crippen LogP contribution in [0.1, 0.15) is 10.4 Å². The zero-order valence-corrected chi connectivity index (χ0v) is 11.0. The molecule has 1 heterocycles. The quantitative estimate of drug-likeness (QED) is 0.792. The highest BCUT2D eigenvalue weighted by Crippen LogP contribution is 2.22. The predicted molar refractivity (Wildman–Crippen MR) is 71.2 cm³/mol. The van der Waals surface area contributed by atoms with Crippen LogP contribution in [0.2, 0.25) is 0 Å². The Morgan fingerprint density at radius 2 is 2.06 bits per heavy atom. The van der Waals surface area contributed by atoms with Gasteiger partial charge in [-0.25, -0.2) is 0 Å². The Hall–Kier alpha value is -1.56. The lowest BCUT2D eigenvalue weighted by molar-refractivity contribution is 0.0771. The average molecular weight is 268 g/mol. The fraction of sp³-hybridized carbons (Fsp3) is 0.417. The summed E-state index contributed by atoms with van der Waals surface area (Å²) in [5.74, 6) is 1.60. The summed E-state index contributed by atoms with van der Waals surface area (Å²) < 4.78 is 16.3. The summed E-state index contributed by atoms with van der Waals surface area (Å²) in [6.45, 7) is 1.08. The first-order chi connectivity index (χ1) is 8.61. The van der Waals surface area contributed by atoms with Gasteiger partial charge < -0.3 is 15.4 Å². The van der Waals surface area contributed by atoms with Gasteiger partial charge in [-0.3, -0.25) is 9.00 Å². The van der Waals surface area contributed by atoms with E-state index in [1.54, 1.807) is 23.1 Å². The van der Waals surface area contributed by atoms with E-state index in [-0.39, 0.29) is 5.91 Å². The maximum absolute atomic E-state index is 12.2. The van der Waals surface area contributed by atoms with Gasteiger partial charge in [0.15, 0.2) is 0 Å². The number of hydrogen-bond acceptors (Lipinski definition) is 4. The summed E-state index contributed by atoms with van der Waals surface area (Å²) in [6.07, 6.45) is 0. The third kappa shape index (κ3) is 2.64. The van der Waals surface area contributed by atoms with Crippen molar-refractivity contribution < 1.29 is 13.7 Å². The van der Waals surface area contributed by atoms with Crippen LogP contribution >= 0.6 is 0 Å². The standard InChI is InChI=1S/C12H16N2O3S/c1-17-11-3-2-9(8-10(11)13)12(15)14-4-6-18(16)7-5-14/h2-3,8H,4-7,13H2,1H3. The zero-order valence-electron chi connectivity index (χ0n) is 10.2. The highest BCUT2D eigenvalue weighted by Gasteiger charge is 2.21. The smallest absolute Gasteiger partial charge is 0.253 e. The van der Waals surface area contributed by atoms with Gasteiger partial charge in [0.25, 0.3) is 5.91 Å². The molecule has 6 heteroatoms. The molecule has 1 saturated heterocycles. The van der Waals surface area contributed by atoms with Crippen molar-refractivity contribution in [1.29, 1.82) is 0 Å². The molecule has 1 aliphatic rings. The van der Waals surface area contributed by atoms with Crippen LogP contribution in [0.15, 0.2) is 18.2 Å². The number of amides is 1. The van der Waals surface area contributed by atoms with Crippen LogP contribution < -0.4 is 10.5 Å². The van der Waals surface area contributed by atoms with E-state index in [0.717, 1.165) is 0 Å². The number of carbonyl (C=O) groups excluding carboxylic acids is 1. The van der Waals surface area contributed by atoms with Crippen LogP contribution in [0.4, 0.5) is 5.69 Å². The molecule has 0 bridgehead atoms. The molecule has 1 aromatic rings. The molecule has 5 nitrogen and oxygen atoms in total. The van der Waals surface area contributed by atoms with Crippen molar-refractivity contribution in [3.8, 4) is 5.75 Å². The topological polar surface area (TPSA) is 72.6 Å². The molecule has 0 aliphatic carbocycles. The second kappa shape index (κ2) is 5.39. The largest absolute Gasteiger partial charge is 0.495 e. The summed E-state index contributed by atoms with van der Waals surface area (Å²) in [6, 6.07) is 5.00. The van der Waals surface area contributed by atoms with Crippen molar-refractivity contribution in [2.45, 2.75) is 0 Å². The molecule has 2 N–H and O–H groups in total. The molecule has 1 fully saturated rings. The number of nitrogens with two attached hydrogens (primary N) is 1. The van der Waals surface area contributed by atoms with E-state index in [9.17, 15) is 9.00 Å². The van der Waals surface area contributed by atoms with Crippen molar-refractivity contribution in [2.75, 3.05) is 37.4 Å². The van der Waals surface area contributed by atoms with Crippen molar-refractivity contribution in [1.82, 2.24) is 4.90 Å². The minimum atomic E-state index is -0.782. The first kappa shape index (κ1) is 12.9. The predicted octanol–water partition coefficient (Wildman–Crippen LogP) is 0.482. The molecule has 0 atom stereocenters. The monoisotopic (exact) mass is 268 g/mol. The average Bonchev–Trinajstić information content (AvgIpc) is 2.38. The number of carbonyl (C=O) groups is 1. The van der Waals surface area contributed by atoms with Crippen molar-refractivity contribution in [3.63, 3.8) is 0 Å². The highest BCUT2D eigenvalue weighted by molar-refractivity contribution is 7.85. The second-order valence-corrected chi connectivity index (χ2v) is 5.79. The number of hydrogen-bond donors (Lipinski definition) is 1. The first-order valence-electron chi connectivity index (χ1n) is 5.69. The van der Waals surface area contributed by atoms with Gasteiger partial charge in [0.05, 0.1) is 12.8 Å². The Balaban J connectivity index is 2.13. The van der Waals surface area contributed by atoms with Gasteiger partial charge in [0, 0.05) is 41.0 Å². The SMILES string of the molecule is COc1ccc(C(=O)N2CCS(=O)CC2)cc1N. The molecular weight excluding hydrogens is 252 g/mol. The number of ether oxygens (including phenoxy) is 1. The van der Waals surface area contributed by atoms with E-state index in [1.165, 1.54) is 7.11 Å². The normalized spacial score (nSPS) is 16.6. The van der Waals surface area contributed by atoms with Gasteiger partial charge in [-0.05, 0) is 18.2 Å². The van der Waals surface area contributed by atoms with Gasteiger partial charge in [0.1, 0.15) is 5.75 Å². The molecule has 0 saturated carbocycles. The maximum atomic E-state index is 12.2. The van der Waals surface area contributed by atoms with E-state index < -0.39 is 10.8 Å². The van der Waals surface area contributed by atoms with Crippen molar-refractivity contribution in [2.24, 2.45) is 0 Å². The lowest BCUT2D eigenvalue weighted by Gasteiger charge is -2.26. The molecule has 0 unspecified atom stereocenters. The zero-order chi connectivity index (χ0) is 13.1. The second-order valence-electron chi connectivity index (χ2n) is 4.10. The van der Waals surface area contributed by atoms with E-state index in [1.807, 2.05) is 0 Å². The molecule has 1 aromatic carbocycles. The molecule has 1 aliphatic heterocycles. The molecule has 0 radical (unpaired) electrons. The van der Waals surface area contributed by atoms with Crippen LogP contribution in [-0.2, 0) is 10.8 Å². The van der Waals surface area contributed by atoms with Crippen LogP contribution in [-0.4, -0.2) is 46.7 Å². The minimum Gasteiger partial charge on any atom is -0.495 e. The summed E-state index contributed by atoms with van der Waals surface area (Å²) in [7, 11) is 0.753. The third-order valence-corrected chi connectivity index (χ3v) is 4.22. The number of benzene rings is 1. The number of rotatable bonds is 2. The van der Waals surface area contributed by atoms with Crippen molar-refractivity contribution in [3.05, 3.63) is 23.8 Å². The van der Waals surface area contributed by atoms with Gasteiger partial charge >= 0.3 is 0 Å². The van der Waals surface area contributed by atoms with Crippen LogP contribution in [0.5, 0.6) is 5.75 Å². The molecule has 98 valence electrons. The van der Waals surface area contributed by atoms with Crippen LogP contribution in [0, 0.1) is 0 Å². The molecule has 2 rings (SSSR count). The summed E-state index contributed by atoms with van der Waals surface area (Å²) >= 11 is 0. The summed E-state index contributed by atoms with van der Waals surface area (Å²) in [5.41, 5.74) is 6.77. The number of anilines is 1. The summed E-state index contributed by atoms with van der Waals surface area (Å²) in [4.78, 5) is 13.9. The van der Waals surface area contributed by atoms with Gasteiger partial charge in [-0.1, -0.05) is 0 Å². The third-order valence-electron chi connectivity index (χ3n) is 2.94. The summed E-state index contributed by atoms with van der Waals surface area (Å²) in [5, 5.41) is 0. The molecule has 0 spiro atoms. The van der Waals surface area contributed by atoms with E-state index >= 15 is 0 Å². The molecule has 0 aromatic heterocycles. The van der Waals surface area contributed by atoms with E-state index in [2.05, 4.69) is 0 Å². The van der Waals surface area contributed by atoms with Gasteiger partial charge in [0.2, 0.25) is 0 Å². The van der Waals surface area contributed by atoms with Crippen LogP contribution in [0.25, 0.3) is 0 Å². The highest BCUT2D eigenvalue weighted by atomic mass is 32.2.